The molecule has 3 aromatic heterocycles. The fourth-order valence-corrected chi connectivity index (χ4v) is 4.68. The number of alkyl halides is 2. The number of benzene rings is 1. The van der Waals surface area contributed by atoms with Crippen molar-refractivity contribution < 1.29 is 23.0 Å². The minimum atomic E-state index is -3.03. The van der Waals surface area contributed by atoms with Crippen LogP contribution in [0.4, 0.5) is 14.6 Å². The first kappa shape index (κ1) is 24.9. The second-order valence-electron chi connectivity index (χ2n) is 9.84. The highest BCUT2D eigenvalue weighted by Crippen LogP contribution is 2.46. The van der Waals surface area contributed by atoms with E-state index in [-0.39, 0.29) is 24.8 Å². The number of aryl methyl sites for hydroxylation is 1. The van der Waals surface area contributed by atoms with Crippen molar-refractivity contribution in [2.24, 2.45) is 7.05 Å². The summed E-state index contributed by atoms with van der Waals surface area (Å²) < 4.78 is 40.3. The van der Waals surface area contributed by atoms with Gasteiger partial charge in [0.15, 0.2) is 24.0 Å². The zero-order valence-corrected chi connectivity index (χ0v) is 21.7. The Labute approximate surface area is 223 Å². The number of hydrogen-bond donors (Lipinski definition) is 0. The first-order chi connectivity index (χ1) is 18.7. The maximum atomic E-state index is 13.7. The number of fused-ring (bicyclic) bond motifs is 1. The average Bonchev–Trinajstić information content (AvgIpc) is 3.70. The van der Waals surface area contributed by atoms with E-state index in [0.29, 0.717) is 40.4 Å². The van der Waals surface area contributed by atoms with Gasteiger partial charge in [-0.15, -0.1) is 0 Å². The van der Waals surface area contributed by atoms with E-state index in [1.54, 1.807) is 54.2 Å². The summed E-state index contributed by atoms with van der Waals surface area (Å²) in [7, 11) is 3.27. The molecule has 4 heterocycles. The average molecular weight is 533 g/mol. The fraction of sp³-hybridized carbons (Fsp3) is 0.321. The van der Waals surface area contributed by atoms with Crippen molar-refractivity contribution in [3.05, 3.63) is 65.9 Å². The lowest BCUT2D eigenvalue weighted by atomic mass is 10.1. The van der Waals surface area contributed by atoms with Gasteiger partial charge in [0.2, 0.25) is 0 Å². The van der Waals surface area contributed by atoms with Crippen LogP contribution in [0.1, 0.15) is 42.6 Å². The number of imidazole rings is 1. The van der Waals surface area contributed by atoms with Crippen LogP contribution in [-0.2, 0) is 24.3 Å². The molecule has 39 heavy (non-hydrogen) atoms. The smallest absolute Gasteiger partial charge is 0.288 e. The quantitative estimate of drug-likeness (QED) is 0.335. The number of rotatable bonds is 7. The standard InChI is InChI=1S/C28H26F2N6O3/c1-28(29,30)21-14-35(2)26(33-21)18-6-4-16(5-7-18)13-36-22(37)15-39-20-12-32-25(34-27(20)36)23-19(38-3)10-11-31-24(23)17-8-9-17/h4-7,10-12,14,17H,8-9,13,15H2,1-3H3. The molecule has 0 bridgehead atoms. The number of halogens is 2. The summed E-state index contributed by atoms with van der Waals surface area (Å²) in [6, 6.07) is 9.06. The lowest BCUT2D eigenvalue weighted by Gasteiger charge is -2.28. The zero-order valence-electron chi connectivity index (χ0n) is 21.7. The lowest BCUT2D eigenvalue weighted by Crippen LogP contribution is -2.39. The van der Waals surface area contributed by atoms with Crippen LogP contribution in [0.5, 0.6) is 11.5 Å². The Hall–Kier alpha value is -4.41. The maximum Gasteiger partial charge on any atom is 0.288 e. The van der Waals surface area contributed by atoms with E-state index in [4.69, 9.17) is 14.5 Å². The topological polar surface area (TPSA) is 95.3 Å². The van der Waals surface area contributed by atoms with Gasteiger partial charge in [-0.25, -0.2) is 15.0 Å². The molecule has 1 amide bonds. The minimum Gasteiger partial charge on any atom is -0.496 e. The number of anilines is 1. The monoisotopic (exact) mass is 532 g/mol. The molecular weight excluding hydrogens is 506 g/mol. The maximum absolute atomic E-state index is 13.7. The molecule has 1 aliphatic carbocycles. The van der Waals surface area contributed by atoms with E-state index in [1.807, 2.05) is 12.1 Å². The Kier molecular flexibility index (Phi) is 6.00. The Morgan fingerprint density at radius 2 is 1.90 bits per heavy atom. The third-order valence-corrected chi connectivity index (χ3v) is 6.87. The Morgan fingerprint density at radius 3 is 2.56 bits per heavy atom. The lowest BCUT2D eigenvalue weighted by molar-refractivity contribution is -0.121. The van der Waals surface area contributed by atoms with Gasteiger partial charge in [0.05, 0.1) is 31.1 Å². The van der Waals surface area contributed by atoms with Gasteiger partial charge in [-0.2, -0.15) is 8.78 Å². The second kappa shape index (κ2) is 9.40. The molecule has 6 rings (SSSR count). The minimum absolute atomic E-state index is 0.126. The number of nitrogens with zero attached hydrogens (tertiary/aromatic N) is 6. The molecule has 200 valence electrons. The summed E-state index contributed by atoms with van der Waals surface area (Å²) in [5, 5.41) is 0. The van der Waals surface area contributed by atoms with E-state index in [0.717, 1.165) is 36.6 Å². The largest absolute Gasteiger partial charge is 0.496 e. The molecule has 1 aliphatic heterocycles. The fourth-order valence-electron chi connectivity index (χ4n) is 4.68. The van der Waals surface area contributed by atoms with E-state index in [9.17, 15) is 13.6 Å². The van der Waals surface area contributed by atoms with E-state index in [2.05, 4.69) is 15.0 Å². The van der Waals surface area contributed by atoms with Crippen LogP contribution < -0.4 is 14.4 Å². The Morgan fingerprint density at radius 1 is 1.13 bits per heavy atom. The van der Waals surface area contributed by atoms with Crippen LogP contribution in [-0.4, -0.2) is 44.1 Å². The second-order valence-corrected chi connectivity index (χ2v) is 9.84. The highest BCUT2D eigenvalue weighted by Gasteiger charge is 2.33. The number of carbonyl (C=O) groups is 1. The number of methoxy groups -OCH3 is 1. The molecule has 0 unspecified atom stereocenters. The first-order valence-corrected chi connectivity index (χ1v) is 12.6. The molecule has 0 radical (unpaired) electrons. The van der Waals surface area contributed by atoms with Gasteiger partial charge in [0, 0.05) is 37.8 Å². The number of amides is 1. The Bertz CT molecular complexity index is 1560. The van der Waals surface area contributed by atoms with Gasteiger partial charge >= 0.3 is 0 Å². The summed E-state index contributed by atoms with van der Waals surface area (Å²) >= 11 is 0. The summed E-state index contributed by atoms with van der Waals surface area (Å²) in [5.41, 5.74) is 2.84. The molecule has 9 nitrogen and oxygen atoms in total. The van der Waals surface area contributed by atoms with Crippen molar-refractivity contribution in [2.45, 2.75) is 38.2 Å². The van der Waals surface area contributed by atoms with Crippen molar-refractivity contribution in [3.8, 4) is 34.3 Å². The summed E-state index contributed by atoms with van der Waals surface area (Å²) in [5.74, 6) is -0.692. The first-order valence-electron chi connectivity index (χ1n) is 12.6. The van der Waals surface area contributed by atoms with Gasteiger partial charge in [-0.05, 0) is 24.5 Å². The van der Waals surface area contributed by atoms with Crippen LogP contribution in [0, 0.1) is 0 Å². The molecule has 2 aliphatic rings. The highest BCUT2D eigenvalue weighted by molar-refractivity contribution is 5.96. The molecule has 0 atom stereocenters. The van der Waals surface area contributed by atoms with Gasteiger partial charge in [-0.3, -0.25) is 14.7 Å². The molecule has 1 aromatic carbocycles. The van der Waals surface area contributed by atoms with Crippen molar-refractivity contribution in [2.75, 3.05) is 18.6 Å². The highest BCUT2D eigenvalue weighted by atomic mass is 19.3. The molecule has 1 fully saturated rings. The van der Waals surface area contributed by atoms with Gasteiger partial charge in [0.25, 0.3) is 11.8 Å². The number of pyridine rings is 1. The van der Waals surface area contributed by atoms with Crippen molar-refractivity contribution in [3.63, 3.8) is 0 Å². The molecule has 0 N–H and O–H groups in total. The van der Waals surface area contributed by atoms with Crippen molar-refractivity contribution >= 4 is 11.7 Å². The van der Waals surface area contributed by atoms with E-state index in [1.165, 1.54) is 6.20 Å². The number of ether oxygens (including phenoxy) is 2. The predicted octanol–water partition coefficient (Wildman–Crippen LogP) is 4.86. The van der Waals surface area contributed by atoms with Crippen LogP contribution in [0.25, 0.3) is 22.8 Å². The Balaban J connectivity index is 1.31. The molecule has 0 saturated heterocycles. The van der Waals surface area contributed by atoms with E-state index >= 15 is 0 Å². The van der Waals surface area contributed by atoms with Crippen LogP contribution in [0.2, 0.25) is 0 Å². The molecule has 4 aromatic rings. The van der Waals surface area contributed by atoms with E-state index < -0.39 is 5.92 Å². The molecule has 1 saturated carbocycles. The SMILES string of the molecule is COc1ccnc(C2CC2)c1-c1ncc2c(n1)N(Cc1ccc(-c3nc(C(C)(F)F)cn3C)cc1)C(=O)CO2. The normalized spacial score (nSPS) is 15.2. The summed E-state index contributed by atoms with van der Waals surface area (Å²) in [4.78, 5) is 32.5. The van der Waals surface area contributed by atoms with Crippen LogP contribution in [0.15, 0.2) is 48.9 Å². The van der Waals surface area contributed by atoms with Crippen LogP contribution in [0.3, 0.4) is 0 Å². The number of hydrogen-bond acceptors (Lipinski definition) is 7. The molecule has 0 spiro atoms. The van der Waals surface area contributed by atoms with Gasteiger partial charge < -0.3 is 14.0 Å². The third-order valence-electron chi connectivity index (χ3n) is 6.87. The zero-order chi connectivity index (χ0) is 27.3. The summed E-state index contributed by atoms with van der Waals surface area (Å²) in [6.07, 6.45) is 6.71. The molecule has 11 heteroatoms. The molecular formula is C28H26F2N6O3. The summed E-state index contributed by atoms with van der Waals surface area (Å²) in [6.45, 7) is 0.939. The number of aromatic nitrogens is 5. The van der Waals surface area contributed by atoms with Gasteiger partial charge in [0.1, 0.15) is 17.3 Å². The predicted molar refractivity (Wildman–Crippen MR) is 139 cm³/mol. The van der Waals surface area contributed by atoms with Crippen molar-refractivity contribution in [1.29, 1.82) is 0 Å². The van der Waals surface area contributed by atoms with Crippen molar-refractivity contribution in [1.82, 2.24) is 24.5 Å². The third kappa shape index (κ3) is 4.68. The number of carbonyl (C=O) groups excluding carboxylic acids is 1. The van der Waals surface area contributed by atoms with Crippen LogP contribution >= 0.6 is 0 Å². The van der Waals surface area contributed by atoms with Gasteiger partial charge in [-0.1, -0.05) is 24.3 Å².